The Kier molecular flexibility index (Phi) is 1.08. The summed E-state index contributed by atoms with van der Waals surface area (Å²) in [4.78, 5) is 0. The van der Waals surface area contributed by atoms with Crippen LogP contribution in [0.2, 0.25) is 0 Å². The van der Waals surface area contributed by atoms with E-state index in [0.29, 0.717) is 12.8 Å². The zero-order valence-corrected chi connectivity index (χ0v) is 3.68. The molecule has 2 heteroatoms. The molecule has 1 rings (SSSR count). The maximum absolute atomic E-state index is 5.05. The average molecular weight is 87.1 g/mol. The minimum atomic E-state index is 0.394. The standard InChI is InChI=1S/C4H9NO/c5-3-6-4-1-2-4/h4H,1-3,5H2. The first-order chi connectivity index (χ1) is 2.93. The highest BCUT2D eigenvalue weighted by molar-refractivity contribution is 4.72. The topological polar surface area (TPSA) is 35.2 Å². The van der Waals surface area contributed by atoms with E-state index in [1.807, 2.05) is 0 Å². The van der Waals surface area contributed by atoms with Crippen molar-refractivity contribution >= 4 is 0 Å². The van der Waals surface area contributed by atoms with E-state index in [2.05, 4.69) is 0 Å². The highest BCUT2D eigenvalue weighted by Crippen LogP contribution is 2.22. The van der Waals surface area contributed by atoms with Crippen molar-refractivity contribution in [1.29, 1.82) is 0 Å². The second kappa shape index (κ2) is 1.58. The molecule has 36 valence electrons. The van der Waals surface area contributed by atoms with E-state index in [-0.39, 0.29) is 0 Å². The van der Waals surface area contributed by atoms with Gasteiger partial charge >= 0.3 is 0 Å². The van der Waals surface area contributed by atoms with Crippen molar-refractivity contribution in [3.63, 3.8) is 0 Å². The summed E-state index contributed by atoms with van der Waals surface area (Å²) < 4.78 is 4.93. The number of ether oxygens (including phenoxy) is 1. The Balaban J connectivity index is 1.88. The van der Waals surface area contributed by atoms with E-state index in [9.17, 15) is 0 Å². The van der Waals surface area contributed by atoms with Gasteiger partial charge in [-0.1, -0.05) is 0 Å². The molecule has 0 aliphatic heterocycles. The highest BCUT2D eigenvalue weighted by Gasteiger charge is 2.20. The van der Waals surface area contributed by atoms with Gasteiger partial charge in [0, 0.05) is 0 Å². The van der Waals surface area contributed by atoms with Gasteiger partial charge < -0.3 is 10.5 Å². The van der Waals surface area contributed by atoms with Crippen LogP contribution in [0, 0.1) is 0 Å². The first-order valence-corrected chi connectivity index (χ1v) is 2.25. The first-order valence-electron chi connectivity index (χ1n) is 2.25. The third-order valence-corrected chi connectivity index (χ3v) is 0.856. The molecule has 0 aromatic carbocycles. The highest BCUT2D eigenvalue weighted by atomic mass is 16.5. The summed E-state index contributed by atoms with van der Waals surface area (Å²) in [6, 6.07) is 0. The molecule has 1 aliphatic rings. The maximum atomic E-state index is 5.05. The van der Waals surface area contributed by atoms with Gasteiger partial charge in [-0.2, -0.15) is 0 Å². The van der Waals surface area contributed by atoms with Gasteiger partial charge in [0.1, 0.15) is 0 Å². The van der Waals surface area contributed by atoms with Gasteiger partial charge in [0.05, 0.1) is 12.8 Å². The van der Waals surface area contributed by atoms with Crippen molar-refractivity contribution in [2.45, 2.75) is 18.9 Å². The van der Waals surface area contributed by atoms with Crippen LogP contribution in [0.5, 0.6) is 0 Å². The van der Waals surface area contributed by atoms with E-state index in [4.69, 9.17) is 10.5 Å². The molecule has 1 fully saturated rings. The lowest BCUT2D eigenvalue weighted by Gasteiger charge is -1.89. The number of hydrogen-bond donors (Lipinski definition) is 1. The lowest BCUT2D eigenvalue weighted by molar-refractivity contribution is 0.126. The van der Waals surface area contributed by atoms with Crippen LogP contribution in [0.1, 0.15) is 12.8 Å². The molecule has 0 radical (unpaired) electrons. The van der Waals surface area contributed by atoms with Crippen molar-refractivity contribution in [3.8, 4) is 0 Å². The van der Waals surface area contributed by atoms with Gasteiger partial charge in [0.15, 0.2) is 0 Å². The predicted octanol–water partition coefficient (Wildman–Crippen LogP) is 0.0816. The molecule has 0 saturated heterocycles. The molecular formula is C4H9NO. The zero-order valence-electron chi connectivity index (χ0n) is 3.68. The molecule has 6 heavy (non-hydrogen) atoms. The third kappa shape index (κ3) is 0.954. The van der Waals surface area contributed by atoms with Crippen molar-refractivity contribution in [2.75, 3.05) is 6.73 Å². The Bertz CT molecular complexity index is 42.8. The summed E-state index contributed by atoms with van der Waals surface area (Å²) in [6.45, 7) is 0.394. The molecule has 0 bridgehead atoms. The van der Waals surface area contributed by atoms with Gasteiger partial charge in [0.25, 0.3) is 0 Å². The molecule has 0 unspecified atom stereocenters. The summed E-state index contributed by atoms with van der Waals surface area (Å²) in [5, 5.41) is 0. The van der Waals surface area contributed by atoms with E-state index in [1.165, 1.54) is 12.8 Å². The number of rotatable bonds is 2. The van der Waals surface area contributed by atoms with Crippen LogP contribution in [0.25, 0.3) is 0 Å². The Labute approximate surface area is 37.3 Å². The van der Waals surface area contributed by atoms with Gasteiger partial charge in [-0.3, -0.25) is 0 Å². The van der Waals surface area contributed by atoms with Crippen LogP contribution in [0.3, 0.4) is 0 Å². The van der Waals surface area contributed by atoms with E-state index in [0.717, 1.165) is 0 Å². The average Bonchev–Trinajstić information content (AvgIpc) is 2.21. The quantitative estimate of drug-likeness (QED) is 0.484. The Hall–Kier alpha value is -0.0800. The SMILES string of the molecule is NCOC1CC1. The van der Waals surface area contributed by atoms with Crippen LogP contribution in [0.15, 0.2) is 0 Å². The van der Waals surface area contributed by atoms with E-state index in [1.54, 1.807) is 0 Å². The summed E-state index contributed by atoms with van der Waals surface area (Å²) in [6.07, 6.45) is 2.96. The summed E-state index contributed by atoms with van der Waals surface area (Å²) in [7, 11) is 0. The molecule has 0 atom stereocenters. The van der Waals surface area contributed by atoms with Crippen LogP contribution < -0.4 is 5.73 Å². The number of nitrogens with two attached hydrogens (primary N) is 1. The molecular weight excluding hydrogens is 78.0 g/mol. The fourth-order valence-electron chi connectivity index (χ4n) is 0.371. The van der Waals surface area contributed by atoms with Crippen molar-refractivity contribution in [3.05, 3.63) is 0 Å². The minimum absolute atomic E-state index is 0.394. The lowest BCUT2D eigenvalue weighted by Crippen LogP contribution is -2.04. The molecule has 0 heterocycles. The zero-order chi connectivity index (χ0) is 4.41. The second-order valence-electron chi connectivity index (χ2n) is 1.53. The molecule has 2 N–H and O–H groups in total. The van der Waals surface area contributed by atoms with Crippen LogP contribution in [-0.4, -0.2) is 12.8 Å². The summed E-state index contributed by atoms with van der Waals surface area (Å²) in [5.41, 5.74) is 5.05. The van der Waals surface area contributed by atoms with Crippen molar-refractivity contribution < 1.29 is 4.74 Å². The molecule has 0 aromatic heterocycles. The molecule has 0 amide bonds. The molecule has 2 nitrogen and oxygen atoms in total. The van der Waals surface area contributed by atoms with Gasteiger partial charge in [-0.25, -0.2) is 0 Å². The van der Waals surface area contributed by atoms with Gasteiger partial charge in [0.2, 0.25) is 0 Å². The van der Waals surface area contributed by atoms with E-state index < -0.39 is 0 Å². The Morgan fingerprint density at radius 1 is 1.67 bits per heavy atom. The monoisotopic (exact) mass is 87.1 g/mol. The van der Waals surface area contributed by atoms with Gasteiger partial charge in [-0.15, -0.1) is 0 Å². The second-order valence-corrected chi connectivity index (χ2v) is 1.53. The van der Waals surface area contributed by atoms with Crippen LogP contribution >= 0.6 is 0 Å². The lowest BCUT2D eigenvalue weighted by atomic mass is 10.8. The Morgan fingerprint density at radius 3 is 2.50 bits per heavy atom. The number of hydrogen-bond acceptors (Lipinski definition) is 2. The maximum Gasteiger partial charge on any atom is 0.0944 e. The fraction of sp³-hybridized carbons (Fsp3) is 1.00. The molecule has 0 aromatic rings. The summed E-state index contributed by atoms with van der Waals surface area (Å²) in [5.74, 6) is 0. The van der Waals surface area contributed by atoms with E-state index >= 15 is 0 Å². The summed E-state index contributed by atoms with van der Waals surface area (Å²) >= 11 is 0. The smallest absolute Gasteiger partial charge is 0.0944 e. The fourth-order valence-corrected chi connectivity index (χ4v) is 0.371. The Morgan fingerprint density at radius 2 is 2.33 bits per heavy atom. The molecule has 1 saturated carbocycles. The van der Waals surface area contributed by atoms with Crippen LogP contribution in [-0.2, 0) is 4.74 Å². The van der Waals surface area contributed by atoms with Gasteiger partial charge in [-0.05, 0) is 12.8 Å². The van der Waals surface area contributed by atoms with Crippen molar-refractivity contribution in [1.82, 2.24) is 0 Å². The van der Waals surface area contributed by atoms with Crippen LogP contribution in [0.4, 0.5) is 0 Å². The largest absolute Gasteiger partial charge is 0.363 e. The van der Waals surface area contributed by atoms with Crippen molar-refractivity contribution in [2.24, 2.45) is 5.73 Å². The molecule has 1 aliphatic carbocycles. The predicted molar refractivity (Wildman–Crippen MR) is 23.2 cm³/mol. The minimum Gasteiger partial charge on any atom is -0.363 e. The molecule has 0 spiro atoms. The third-order valence-electron chi connectivity index (χ3n) is 0.856. The normalized spacial score (nSPS) is 21.5. The first kappa shape index (κ1) is 4.09.